The second-order valence-corrected chi connectivity index (χ2v) is 7.55. The zero-order chi connectivity index (χ0) is 18.7. The van der Waals surface area contributed by atoms with Gasteiger partial charge in [0.2, 0.25) is 0 Å². The predicted octanol–water partition coefficient (Wildman–Crippen LogP) is 3.72. The van der Waals surface area contributed by atoms with Crippen LogP contribution in [0.3, 0.4) is 0 Å². The molecule has 26 heavy (non-hydrogen) atoms. The molecule has 3 atom stereocenters. The second-order valence-electron chi connectivity index (χ2n) is 7.55. The Morgan fingerprint density at radius 3 is 2.81 bits per heavy atom. The Morgan fingerprint density at radius 1 is 1.27 bits per heavy atom. The predicted molar refractivity (Wildman–Crippen MR) is 97.6 cm³/mol. The molecule has 1 heterocycles. The van der Waals surface area contributed by atoms with Crippen molar-refractivity contribution in [3.63, 3.8) is 0 Å². The summed E-state index contributed by atoms with van der Waals surface area (Å²) in [5, 5.41) is 7.43. The lowest BCUT2D eigenvalue weighted by Gasteiger charge is -2.36. The first-order valence-corrected chi connectivity index (χ1v) is 9.25. The molecule has 0 saturated heterocycles. The van der Waals surface area contributed by atoms with Gasteiger partial charge in [-0.3, -0.25) is 5.10 Å². The van der Waals surface area contributed by atoms with Gasteiger partial charge in [-0.25, -0.2) is 9.59 Å². The molecule has 2 aromatic rings. The molecule has 1 aliphatic rings. The number of H-pyrrole nitrogens is 1. The minimum absolute atomic E-state index is 0.101. The third-order valence-corrected chi connectivity index (χ3v) is 5.23. The van der Waals surface area contributed by atoms with Crippen molar-refractivity contribution in [2.75, 3.05) is 6.61 Å². The van der Waals surface area contributed by atoms with Crippen LogP contribution in [0.15, 0.2) is 24.3 Å². The van der Waals surface area contributed by atoms with Crippen LogP contribution in [-0.4, -0.2) is 34.8 Å². The van der Waals surface area contributed by atoms with Gasteiger partial charge in [0.05, 0.1) is 5.52 Å². The highest BCUT2D eigenvalue weighted by Crippen LogP contribution is 2.35. The fourth-order valence-electron chi connectivity index (χ4n) is 3.76. The Bertz CT molecular complexity index is 783. The number of para-hydroxylation sites is 1. The van der Waals surface area contributed by atoms with E-state index in [9.17, 15) is 9.59 Å². The highest BCUT2D eigenvalue weighted by atomic mass is 16.6. The lowest BCUT2D eigenvalue weighted by atomic mass is 9.75. The molecule has 6 heteroatoms. The molecule has 6 nitrogen and oxygen atoms in total. The van der Waals surface area contributed by atoms with Crippen molar-refractivity contribution in [1.82, 2.24) is 10.2 Å². The molecule has 1 aliphatic carbocycles. The smallest absolute Gasteiger partial charge is 0.360 e. The lowest BCUT2D eigenvalue weighted by Crippen LogP contribution is -2.36. The van der Waals surface area contributed by atoms with Crippen LogP contribution >= 0.6 is 0 Å². The van der Waals surface area contributed by atoms with Crippen LogP contribution in [0.2, 0.25) is 0 Å². The highest BCUT2D eigenvalue weighted by molar-refractivity contribution is 6.02. The summed E-state index contributed by atoms with van der Waals surface area (Å²) in [6.45, 7) is 6.10. The Morgan fingerprint density at radius 2 is 2.04 bits per heavy atom. The number of nitrogens with zero attached hydrogens (tertiary/aromatic N) is 1. The third kappa shape index (κ3) is 4.06. The molecular formula is C20H26N2O4. The topological polar surface area (TPSA) is 81.3 Å². The zero-order valence-electron chi connectivity index (χ0n) is 15.5. The van der Waals surface area contributed by atoms with E-state index in [-0.39, 0.29) is 11.8 Å². The van der Waals surface area contributed by atoms with E-state index in [0.29, 0.717) is 23.1 Å². The van der Waals surface area contributed by atoms with Gasteiger partial charge in [-0.15, -0.1) is 0 Å². The van der Waals surface area contributed by atoms with Crippen LogP contribution in [0.4, 0.5) is 0 Å². The monoisotopic (exact) mass is 358 g/mol. The highest BCUT2D eigenvalue weighted by Gasteiger charge is 2.33. The summed E-state index contributed by atoms with van der Waals surface area (Å²) < 4.78 is 10.8. The first kappa shape index (κ1) is 18.4. The molecular weight excluding hydrogens is 332 g/mol. The normalized spacial score (nSPS) is 23.2. The Hall–Kier alpha value is -2.37. The van der Waals surface area contributed by atoms with Crippen LogP contribution in [0.1, 0.15) is 50.5 Å². The van der Waals surface area contributed by atoms with Crippen molar-refractivity contribution in [3.8, 4) is 0 Å². The van der Waals surface area contributed by atoms with Gasteiger partial charge in [0.25, 0.3) is 0 Å². The summed E-state index contributed by atoms with van der Waals surface area (Å²) >= 11 is 0. The Labute approximate surface area is 153 Å². The molecule has 1 saturated carbocycles. The maximum Gasteiger partial charge on any atom is 0.360 e. The van der Waals surface area contributed by atoms with Crippen molar-refractivity contribution >= 4 is 22.8 Å². The lowest BCUT2D eigenvalue weighted by molar-refractivity contribution is -0.159. The quantitative estimate of drug-likeness (QED) is 0.824. The van der Waals surface area contributed by atoms with Crippen molar-refractivity contribution in [2.45, 2.75) is 46.1 Å². The maximum atomic E-state index is 12.2. The SMILES string of the molecule is CC1CCC(C(C)C)C(OC(=O)COC(=O)c2n[nH]c3ccccc23)C1. The molecule has 3 unspecified atom stereocenters. The molecule has 1 N–H and O–H groups in total. The number of nitrogens with one attached hydrogen (secondary N) is 1. The van der Waals surface area contributed by atoms with Gasteiger partial charge in [0, 0.05) is 5.39 Å². The third-order valence-electron chi connectivity index (χ3n) is 5.23. The van der Waals surface area contributed by atoms with Gasteiger partial charge in [-0.05, 0) is 36.7 Å². The van der Waals surface area contributed by atoms with E-state index in [1.807, 2.05) is 18.2 Å². The molecule has 0 spiro atoms. The number of rotatable bonds is 5. The average molecular weight is 358 g/mol. The van der Waals surface area contributed by atoms with E-state index in [1.54, 1.807) is 6.07 Å². The van der Waals surface area contributed by atoms with Crippen LogP contribution in [0, 0.1) is 17.8 Å². The summed E-state index contributed by atoms with van der Waals surface area (Å²) in [5.41, 5.74) is 0.928. The zero-order valence-corrected chi connectivity index (χ0v) is 15.5. The average Bonchev–Trinajstić information content (AvgIpc) is 3.03. The van der Waals surface area contributed by atoms with E-state index in [2.05, 4.69) is 31.0 Å². The van der Waals surface area contributed by atoms with Gasteiger partial charge in [-0.1, -0.05) is 45.4 Å². The van der Waals surface area contributed by atoms with Gasteiger partial charge in [-0.2, -0.15) is 5.10 Å². The molecule has 1 aromatic carbocycles. The number of hydrogen-bond donors (Lipinski definition) is 1. The van der Waals surface area contributed by atoms with E-state index in [0.717, 1.165) is 24.8 Å². The molecule has 0 amide bonds. The minimum Gasteiger partial charge on any atom is -0.460 e. The number of aromatic amines is 1. The number of aromatic nitrogens is 2. The van der Waals surface area contributed by atoms with E-state index in [4.69, 9.17) is 9.47 Å². The fourth-order valence-corrected chi connectivity index (χ4v) is 3.76. The first-order valence-electron chi connectivity index (χ1n) is 9.25. The molecule has 1 aromatic heterocycles. The number of esters is 2. The van der Waals surface area contributed by atoms with Gasteiger partial charge >= 0.3 is 11.9 Å². The van der Waals surface area contributed by atoms with Crippen molar-refractivity contribution in [3.05, 3.63) is 30.0 Å². The van der Waals surface area contributed by atoms with Crippen molar-refractivity contribution in [1.29, 1.82) is 0 Å². The number of carbonyl (C=O) groups is 2. The fraction of sp³-hybridized carbons (Fsp3) is 0.550. The summed E-state index contributed by atoms with van der Waals surface area (Å²) in [4.78, 5) is 24.4. The number of benzene rings is 1. The number of ether oxygens (including phenoxy) is 2. The first-order chi connectivity index (χ1) is 12.5. The Kier molecular flexibility index (Phi) is 5.59. The summed E-state index contributed by atoms with van der Waals surface area (Å²) in [6.07, 6.45) is 3.00. The summed E-state index contributed by atoms with van der Waals surface area (Å²) in [5.74, 6) is 0.236. The van der Waals surface area contributed by atoms with E-state index in [1.165, 1.54) is 0 Å². The molecule has 3 rings (SSSR count). The van der Waals surface area contributed by atoms with Crippen LogP contribution < -0.4 is 0 Å². The van der Waals surface area contributed by atoms with Crippen molar-refractivity contribution in [2.24, 2.45) is 17.8 Å². The van der Waals surface area contributed by atoms with Crippen LogP contribution in [0.5, 0.6) is 0 Å². The number of hydrogen-bond acceptors (Lipinski definition) is 5. The van der Waals surface area contributed by atoms with Gasteiger partial charge < -0.3 is 9.47 Å². The Balaban J connectivity index is 1.57. The van der Waals surface area contributed by atoms with E-state index >= 15 is 0 Å². The largest absolute Gasteiger partial charge is 0.460 e. The van der Waals surface area contributed by atoms with Gasteiger partial charge in [0.1, 0.15) is 6.10 Å². The van der Waals surface area contributed by atoms with Gasteiger partial charge in [0.15, 0.2) is 12.3 Å². The molecule has 140 valence electrons. The number of fused-ring (bicyclic) bond motifs is 1. The minimum atomic E-state index is -0.628. The molecule has 1 fully saturated rings. The molecule has 0 aliphatic heterocycles. The maximum absolute atomic E-state index is 12.2. The van der Waals surface area contributed by atoms with Crippen LogP contribution in [0.25, 0.3) is 10.9 Å². The van der Waals surface area contributed by atoms with E-state index < -0.39 is 18.5 Å². The number of carbonyl (C=O) groups excluding carboxylic acids is 2. The van der Waals surface area contributed by atoms with Crippen molar-refractivity contribution < 1.29 is 19.1 Å². The standard InChI is InChI=1S/C20H26N2O4/c1-12(2)14-9-8-13(3)10-17(14)26-18(23)11-25-20(24)19-15-6-4-5-7-16(15)21-22-19/h4-7,12-14,17H,8-11H2,1-3H3,(H,21,22). The summed E-state index contributed by atoms with van der Waals surface area (Å²) in [6, 6.07) is 7.27. The molecule has 0 bridgehead atoms. The van der Waals surface area contributed by atoms with Crippen LogP contribution in [-0.2, 0) is 14.3 Å². The second kappa shape index (κ2) is 7.89. The summed E-state index contributed by atoms with van der Waals surface area (Å²) in [7, 11) is 0. The molecule has 0 radical (unpaired) electrons.